The second-order valence-electron chi connectivity index (χ2n) is 9.60. The normalized spacial score (nSPS) is 25.7. The highest BCUT2D eigenvalue weighted by molar-refractivity contribution is 6.34. The maximum atomic E-state index is 13.2. The van der Waals surface area contributed by atoms with E-state index in [1.54, 1.807) is 66.7 Å². The van der Waals surface area contributed by atoms with Crippen LogP contribution in [0.1, 0.15) is 27.1 Å². The van der Waals surface area contributed by atoms with Gasteiger partial charge in [0.2, 0.25) is 11.8 Å². The van der Waals surface area contributed by atoms with E-state index in [-0.39, 0.29) is 47.0 Å². The van der Waals surface area contributed by atoms with Gasteiger partial charge in [-0.2, -0.15) is 0 Å². The second-order valence-corrected chi connectivity index (χ2v) is 9.60. The summed E-state index contributed by atoms with van der Waals surface area (Å²) in [6.45, 7) is 0. The molecule has 4 amide bonds. The molecular weight excluding hydrogens is 456 g/mol. The zero-order valence-electron chi connectivity index (χ0n) is 19.0. The first-order valence-corrected chi connectivity index (χ1v) is 11.9. The molecule has 4 aliphatic rings. The molecule has 0 N–H and O–H groups in total. The third kappa shape index (κ3) is 2.86. The van der Waals surface area contributed by atoms with E-state index in [2.05, 4.69) is 12.2 Å². The fraction of sp³-hybridized carbons (Fsp3) is 0.172. The summed E-state index contributed by atoms with van der Waals surface area (Å²) in [7, 11) is 0. The molecule has 3 aromatic rings. The zero-order valence-corrected chi connectivity index (χ0v) is 19.0. The number of carbonyl (C=O) groups is 4. The SMILES string of the molecule is O=C1c2ccc(Oc3cccc(N4C(=O)[C@@H]5[C@H](C4=O)[C@H]4C=C[C@H]5C4)c3)cc2C(=O)N1c1ccccc1. The van der Waals surface area contributed by atoms with Crippen LogP contribution < -0.4 is 14.5 Å². The lowest BCUT2D eigenvalue weighted by atomic mass is 9.85. The molecule has 7 nitrogen and oxygen atoms in total. The number of hydrogen-bond donors (Lipinski definition) is 0. The number of benzene rings is 3. The quantitative estimate of drug-likeness (QED) is 0.406. The number of anilines is 2. The van der Waals surface area contributed by atoms with Crippen LogP contribution in [0.25, 0.3) is 0 Å². The van der Waals surface area contributed by atoms with Gasteiger partial charge >= 0.3 is 0 Å². The second kappa shape index (κ2) is 7.49. The Hall–Kier alpha value is -4.52. The van der Waals surface area contributed by atoms with Crippen molar-refractivity contribution in [2.75, 3.05) is 9.80 Å². The summed E-state index contributed by atoms with van der Waals surface area (Å²) < 4.78 is 6.00. The highest BCUT2D eigenvalue weighted by Crippen LogP contribution is 2.53. The molecule has 0 unspecified atom stereocenters. The van der Waals surface area contributed by atoms with E-state index in [0.717, 1.165) is 11.3 Å². The molecule has 2 aliphatic heterocycles. The van der Waals surface area contributed by atoms with Gasteiger partial charge in [0.1, 0.15) is 11.5 Å². The molecule has 0 spiro atoms. The van der Waals surface area contributed by atoms with Gasteiger partial charge in [0.15, 0.2) is 0 Å². The number of allylic oxidation sites excluding steroid dienone is 2. The highest BCUT2D eigenvalue weighted by atomic mass is 16.5. The third-order valence-electron chi connectivity index (χ3n) is 7.65. The van der Waals surface area contributed by atoms with Gasteiger partial charge in [-0.1, -0.05) is 36.4 Å². The lowest BCUT2D eigenvalue weighted by molar-refractivity contribution is -0.123. The van der Waals surface area contributed by atoms with Crippen molar-refractivity contribution in [1.29, 1.82) is 0 Å². The van der Waals surface area contributed by atoms with Gasteiger partial charge in [0, 0.05) is 6.07 Å². The largest absolute Gasteiger partial charge is 0.457 e. The van der Waals surface area contributed by atoms with E-state index < -0.39 is 5.91 Å². The van der Waals surface area contributed by atoms with Gasteiger partial charge in [-0.05, 0) is 60.7 Å². The van der Waals surface area contributed by atoms with Crippen molar-refractivity contribution in [2.45, 2.75) is 6.42 Å². The predicted molar refractivity (Wildman–Crippen MR) is 131 cm³/mol. The summed E-state index contributed by atoms with van der Waals surface area (Å²) in [5, 5.41) is 0. The van der Waals surface area contributed by atoms with Crippen LogP contribution >= 0.6 is 0 Å². The monoisotopic (exact) mass is 476 g/mol. The molecule has 0 radical (unpaired) electrons. The fourth-order valence-corrected chi connectivity index (χ4v) is 6.07. The maximum absolute atomic E-state index is 13.2. The van der Waals surface area contributed by atoms with Crippen LogP contribution in [-0.2, 0) is 9.59 Å². The van der Waals surface area contributed by atoms with Gasteiger partial charge in [-0.25, -0.2) is 9.80 Å². The van der Waals surface area contributed by atoms with Gasteiger partial charge in [-0.15, -0.1) is 0 Å². The van der Waals surface area contributed by atoms with Crippen LogP contribution in [0.3, 0.4) is 0 Å². The van der Waals surface area contributed by atoms with Crippen molar-refractivity contribution in [3.05, 3.63) is 96.1 Å². The van der Waals surface area contributed by atoms with E-state index >= 15 is 0 Å². The summed E-state index contributed by atoms with van der Waals surface area (Å²) in [5.41, 5.74) is 1.55. The number of ether oxygens (including phenoxy) is 1. The molecular formula is C29H20N2O5. The molecule has 7 rings (SSSR count). The Labute approximate surface area is 206 Å². The van der Waals surface area contributed by atoms with Crippen LogP contribution in [0.5, 0.6) is 11.5 Å². The number of para-hydroxylation sites is 1. The number of nitrogens with zero attached hydrogens (tertiary/aromatic N) is 2. The number of amides is 4. The summed E-state index contributed by atoms with van der Waals surface area (Å²) in [6.07, 6.45) is 5.02. The van der Waals surface area contributed by atoms with Crippen LogP contribution in [0.2, 0.25) is 0 Å². The number of carbonyl (C=O) groups excluding carboxylic acids is 4. The lowest BCUT2D eigenvalue weighted by Crippen LogP contribution is -2.32. The fourth-order valence-electron chi connectivity index (χ4n) is 6.07. The first kappa shape index (κ1) is 20.8. The molecule has 3 aromatic carbocycles. The number of hydrogen-bond acceptors (Lipinski definition) is 5. The molecule has 2 heterocycles. The molecule has 1 saturated carbocycles. The third-order valence-corrected chi connectivity index (χ3v) is 7.65. The first-order valence-electron chi connectivity index (χ1n) is 11.9. The van der Waals surface area contributed by atoms with Crippen molar-refractivity contribution in [2.24, 2.45) is 23.7 Å². The minimum atomic E-state index is -0.413. The van der Waals surface area contributed by atoms with E-state index in [1.807, 2.05) is 6.07 Å². The first-order chi connectivity index (χ1) is 17.5. The number of imide groups is 2. The van der Waals surface area contributed by atoms with Crippen LogP contribution in [0.15, 0.2) is 84.9 Å². The van der Waals surface area contributed by atoms with Crippen molar-refractivity contribution in [1.82, 2.24) is 0 Å². The Morgan fingerprint density at radius 2 is 1.25 bits per heavy atom. The molecule has 2 bridgehead atoms. The molecule has 2 fully saturated rings. The Kier molecular flexibility index (Phi) is 4.33. The zero-order chi connectivity index (χ0) is 24.6. The standard InChI is InChI=1S/C29H20N2O5/c32-26-22-12-11-21(15-23(22)27(33)30(26)18-5-2-1-3-6-18)36-20-8-4-7-19(14-20)31-28(34)24-16-9-10-17(13-16)25(24)29(31)35/h1-12,14-17,24-25H,13H2/t16-,17-,24-,25+/m0/s1. The van der Waals surface area contributed by atoms with Crippen molar-refractivity contribution < 1.29 is 23.9 Å². The Bertz CT molecular complexity index is 1480. The minimum Gasteiger partial charge on any atom is -0.457 e. The molecule has 4 atom stereocenters. The van der Waals surface area contributed by atoms with Crippen molar-refractivity contribution in [3.8, 4) is 11.5 Å². The molecule has 36 heavy (non-hydrogen) atoms. The number of rotatable bonds is 4. The summed E-state index contributed by atoms with van der Waals surface area (Å²) in [5.74, 6) is -0.564. The average Bonchev–Trinajstić information content (AvgIpc) is 3.63. The summed E-state index contributed by atoms with van der Waals surface area (Å²) in [4.78, 5) is 54.6. The van der Waals surface area contributed by atoms with E-state index in [9.17, 15) is 19.2 Å². The van der Waals surface area contributed by atoms with E-state index in [4.69, 9.17) is 4.74 Å². The maximum Gasteiger partial charge on any atom is 0.266 e. The Morgan fingerprint density at radius 1 is 0.611 bits per heavy atom. The van der Waals surface area contributed by atoms with E-state index in [1.165, 1.54) is 4.90 Å². The van der Waals surface area contributed by atoms with Gasteiger partial charge in [0.05, 0.1) is 34.3 Å². The smallest absolute Gasteiger partial charge is 0.266 e. The summed E-state index contributed by atoms with van der Waals surface area (Å²) >= 11 is 0. The number of fused-ring (bicyclic) bond motifs is 6. The van der Waals surface area contributed by atoms with Crippen molar-refractivity contribution >= 4 is 35.0 Å². The average molecular weight is 476 g/mol. The van der Waals surface area contributed by atoms with Gasteiger partial charge in [-0.3, -0.25) is 19.2 Å². The Balaban J connectivity index is 1.15. The predicted octanol–water partition coefficient (Wildman–Crippen LogP) is 4.59. The summed E-state index contributed by atoms with van der Waals surface area (Å²) in [6, 6.07) is 20.4. The topological polar surface area (TPSA) is 84.0 Å². The molecule has 7 heteroatoms. The Morgan fingerprint density at radius 3 is 1.97 bits per heavy atom. The van der Waals surface area contributed by atoms with Gasteiger partial charge < -0.3 is 4.74 Å². The van der Waals surface area contributed by atoms with Crippen LogP contribution in [0.4, 0.5) is 11.4 Å². The molecule has 0 aromatic heterocycles. The lowest BCUT2D eigenvalue weighted by Gasteiger charge is -2.18. The van der Waals surface area contributed by atoms with E-state index in [0.29, 0.717) is 28.4 Å². The van der Waals surface area contributed by atoms with Crippen molar-refractivity contribution in [3.63, 3.8) is 0 Å². The van der Waals surface area contributed by atoms with Crippen LogP contribution in [-0.4, -0.2) is 23.6 Å². The highest BCUT2D eigenvalue weighted by Gasteiger charge is 2.59. The molecule has 2 aliphatic carbocycles. The minimum absolute atomic E-state index is 0.142. The van der Waals surface area contributed by atoms with Gasteiger partial charge in [0.25, 0.3) is 11.8 Å². The van der Waals surface area contributed by atoms with Crippen LogP contribution in [0, 0.1) is 23.7 Å². The molecule has 1 saturated heterocycles. The molecule has 176 valence electrons.